The molecule has 0 radical (unpaired) electrons. The van der Waals surface area contributed by atoms with Crippen molar-refractivity contribution in [2.24, 2.45) is 5.10 Å². The average molecular weight is 349 g/mol. The Morgan fingerprint density at radius 3 is 2.73 bits per heavy atom. The van der Waals surface area contributed by atoms with Crippen molar-refractivity contribution in [2.45, 2.75) is 0 Å². The Morgan fingerprint density at radius 2 is 1.88 bits per heavy atom. The van der Waals surface area contributed by atoms with Crippen LogP contribution in [0.25, 0.3) is 10.8 Å². The van der Waals surface area contributed by atoms with E-state index in [1.54, 1.807) is 18.2 Å². The number of hydrogen-bond donors (Lipinski definition) is 1. The predicted molar refractivity (Wildman–Crippen MR) is 98.3 cm³/mol. The zero-order chi connectivity index (χ0) is 18.4. The molecule has 26 heavy (non-hydrogen) atoms. The van der Waals surface area contributed by atoms with Gasteiger partial charge in [-0.1, -0.05) is 48.5 Å². The summed E-state index contributed by atoms with van der Waals surface area (Å²) in [5.74, 6) is 0.181. The van der Waals surface area contributed by atoms with Crippen LogP contribution in [-0.4, -0.2) is 23.7 Å². The third-order valence-electron chi connectivity index (χ3n) is 3.59. The van der Waals surface area contributed by atoms with Gasteiger partial charge in [0.1, 0.15) is 5.75 Å². The SMILES string of the molecule is O=C(COc1cccc2ccccc12)N/N=C/c1cccc([N+](=O)[O-])c1. The molecule has 3 aromatic rings. The highest BCUT2D eigenvalue weighted by Crippen LogP contribution is 2.24. The maximum absolute atomic E-state index is 11.9. The number of rotatable bonds is 6. The number of hydrazone groups is 1. The van der Waals surface area contributed by atoms with Crippen LogP contribution in [-0.2, 0) is 4.79 Å². The number of nitrogens with one attached hydrogen (secondary N) is 1. The molecule has 0 fully saturated rings. The summed E-state index contributed by atoms with van der Waals surface area (Å²) in [4.78, 5) is 22.1. The minimum absolute atomic E-state index is 0.0421. The average Bonchev–Trinajstić information content (AvgIpc) is 2.66. The number of carbonyl (C=O) groups is 1. The molecule has 130 valence electrons. The molecule has 0 bridgehead atoms. The number of non-ortho nitro benzene ring substituents is 1. The highest BCUT2D eigenvalue weighted by atomic mass is 16.6. The molecule has 1 N–H and O–H groups in total. The second kappa shape index (κ2) is 7.89. The van der Waals surface area contributed by atoms with Gasteiger partial charge in [0.05, 0.1) is 11.1 Å². The van der Waals surface area contributed by atoms with Crippen LogP contribution >= 0.6 is 0 Å². The van der Waals surface area contributed by atoms with Gasteiger partial charge in [-0.2, -0.15) is 5.10 Å². The Bertz CT molecular complexity index is 980. The normalized spacial score (nSPS) is 10.8. The van der Waals surface area contributed by atoms with Crippen molar-refractivity contribution in [3.05, 3.63) is 82.4 Å². The highest BCUT2D eigenvalue weighted by molar-refractivity contribution is 5.89. The van der Waals surface area contributed by atoms with E-state index in [2.05, 4.69) is 10.5 Å². The first-order valence-electron chi connectivity index (χ1n) is 7.80. The first kappa shape index (κ1) is 17.1. The second-order valence-corrected chi connectivity index (χ2v) is 5.41. The fraction of sp³-hybridized carbons (Fsp3) is 0.0526. The predicted octanol–water partition coefficient (Wildman–Crippen LogP) is 3.28. The van der Waals surface area contributed by atoms with Gasteiger partial charge in [0.15, 0.2) is 6.61 Å². The van der Waals surface area contributed by atoms with E-state index < -0.39 is 10.8 Å². The number of benzene rings is 3. The molecule has 0 saturated carbocycles. The smallest absolute Gasteiger partial charge is 0.277 e. The molecule has 0 saturated heterocycles. The van der Waals surface area contributed by atoms with E-state index in [1.807, 2.05) is 36.4 Å². The van der Waals surface area contributed by atoms with Crippen molar-refractivity contribution >= 4 is 28.6 Å². The minimum Gasteiger partial charge on any atom is -0.483 e. The summed E-state index contributed by atoms with van der Waals surface area (Å²) in [6.07, 6.45) is 1.34. The number of ether oxygens (including phenoxy) is 1. The Balaban J connectivity index is 1.57. The maximum atomic E-state index is 11.9. The van der Waals surface area contributed by atoms with Crippen LogP contribution < -0.4 is 10.2 Å². The molecule has 3 rings (SSSR count). The van der Waals surface area contributed by atoms with Crippen LogP contribution in [0.1, 0.15) is 5.56 Å². The standard InChI is InChI=1S/C19H15N3O4/c23-19(21-20-12-14-5-3-8-16(11-14)22(24)25)13-26-18-10-4-7-15-6-1-2-9-17(15)18/h1-12H,13H2,(H,21,23)/b20-12+. The quantitative estimate of drug-likeness (QED) is 0.420. The molecule has 0 unspecified atom stereocenters. The molecule has 7 nitrogen and oxygen atoms in total. The zero-order valence-corrected chi connectivity index (χ0v) is 13.7. The van der Waals surface area contributed by atoms with E-state index in [1.165, 1.54) is 18.3 Å². The lowest BCUT2D eigenvalue weighted by atomic mass is 10.1. The fourth-order valence-corrected chi connectivity index (χ4v) is 2.39. The Kier molecular flexibility index (Phi) is 5.19. The van der Waals surface area contributed by atoms with E-state index in [0.717, 1.165) is 10.8 Å². The molecule has 0 heterocycles. The topological polar surface area (TPSA) is 93.8 Å². The van der Waals surface area contributed by atoms with Crippen LogP contribution in [0.3, 0.4) is 0 Å². The number of nitrogens with zero attached hydrogens (tertiary/aromatic N) is 2. The second-order valence-electron chi connectivity index (χ2n) is 5.41. The third kappa shape index (κ3) is 4.21. The number of nitro benzene ring substituents is 1. The zero-order valence-electron chi connectivity index (χ0n) is 13.7. The van der Waals surface area contributed by atoms with Gasteiger partial charge in [-0.25, -0.2) is 5.43 Å². The van der Waals surface area contributed by atoms with Gasteiger partial charge in [-0.3, -0.25) is 14.9 Å². The lowest BCUT2D eigenvalue weighted by molar-refractivity contribution is -0.384. The molecule has 0 aliphatic rings. The molecule has 0 spiro atoms. The Labute approximate surface area is 149 Å². The summed E-state index contributed by atoms with van der Waals surface area (Å²) in [5.41, 5.74) is 2.80. The van der Waals surface area contributed by atoms with Gasteiger partial charge in [-0.05, 0) is 11.5 Å². The van der Waals surface area contributed by atoms with Crippen molar-refractivity contribution in [3.8, 4) is 5.75 Å². The lowest BCUT2D eigenvalue weighted by Gasteiger charge is -2.08. The monoisotopic (exact) mass is 349 g/mol. The summed E-state index contributed by atoms with van der Waals surface area (Å²) in [6, 6.07) is 19.3. The van der Waals surface area contributed by atoms with Gasteiger partial charge < -0.3 is 4.74 Å². The summed E-state index contributed by atoms with van der Waals surface area (Å²) in [6.45, 7) is -0.194. The molecule has 0 aromatic heterocycles. The van der Waals surface area contributed by atoms with Gasteiger partial charge >= 0.3 is 0 Å². The third-order valence-corrected chi connectivity index (χ3v) is 3.59. The lowest BCUT2D eigenvalue weighted by Crippen LogP contribution is -2.24. The van der Waals surface area contributed by atoms with E-state index in [9.17, 15) is 14.9 Å². The molecule has 0 atom stereocenters. The largest absolute Gasteiger partial charge is 0.483 e. The first-order valence-corrected chi connectivity index (χ1v) is 7.80. The first-order chi connectivity index (χ1) is 12.6. The molecular weight excluding hydrogens is 334 g/mol. The van der Waals surface area contributed by atoms with Crippen molar-refractivity contribution < 1.29 is 14.5 Å². The number of fused-ring (bicyclic) bond motifs is 1. The molecule has 0 aliphatic carbocycles. The maximum Gasteiger partial charge on any atom is 0.277 e. The number of carbonyl (C=O) groups excluding carboxylic acids is 1. The van der Waals surface area contributed by atoms with E-state index in [-0.39, 0.29) is 12.3 Å². The van der Waals surface area contributed by atoms with Crippen LogP contribution in [0.2, 0.25) is 0 Å². The fourth-order valence-electron chi connectivity index (χ4n) is 2.39. The summed E-state index contributed by atoms with van der Waals surface area (Å²) in [5, 5.41) is 16.5. The van der Waals surface area contributed by atoms with Crippen molar-refractivity contribution in [1.29, 1.82) is 0 Å². The summed E-state index contributed by atoms with van der Waals surface area (Å²) < 4.78 is 5.56. The van der Waals surface area contributed by atoms with Gasteiger partial charge in [-0.15, -0.1) is 0 Å². The van der Waals surface area contributed by atoms with E-state index in [4.69, 9.17) is 4.74 Å². The Hall–Kier alpha value is -3.74. The van der Waals surface area contributed by atoms with E-state index >= 15 is 0 Å². The summed E-state index contributed by atoms with van der Waals surface area (Å²) in [7, 11) is 0. The van der Waals surface area contributed by atoms with Gasteiger partial charge in [0, 0.05) is 23.1 Å². The molecular formula is C19H15N3O4. The molecule has 0 aliphatic heterocycles. The van der Waals surface area contributed by atoms with Crippen molar-refractivity contribution in [2.75, 3.05) is 6.61 Å². The van der Waals surface area contributed by atoms with Crippen molar-refractivity contribution in [3.63, 3.8) is 0 Å². The summed E-state index contributed by atoms with van der Waals surface area (Å²) >= 11 is 0. The molecule has 3 aromatic carbocycles. The van der Waals surface area contributed by atoms with Gasteiger partial charge in [0.25, 0.3) is 11.6 Å². The molecule has 1 amide bonds. The Morgan fingerprint density at radius 1 is 1.12 bits per heavy atom. The number of amides is 1. The van der Waals surface area contributed by atoms with Crippen molar-refractivity contribution in [1.82, 2.24) is 5.43 Å². The van der Waals surface area contributed by atoms with Gasteiger partial charge in [0.2, 0.25) is 0 Å². The van der Waals surface area contributed by atoms with E-state index in [0.29, 0.717) is 11.3 Å². The molecule has 7 heteroatoms. The number of nitro groups is 1. The van der Waals surface area contributed by atoms with Crippen LogP contribution in [0.5, 0.6) is 5.75 Å². The number of hydrogen-bond acceptors (Lipinski definition) is 5. The highest BCUT2D eigenvalue weighted by Gasteiger charge is 2.06. The minimum atomic E-state index is -0.492. The van der Waals surface area contributed by atoms with Crippen LogP contribution in [0, 0.1) is 10.1 Å². The van der Waals surface area contributed by atoms with Crippen LogP contribution in [0.15, 0.2) is 71.8 Å². The van der Waals surface area contributed by atoms with Crippen LogP contribution in [0.4, 0.5) is 5.69 Å².